The first-order valence-electron chi connectivity index (χ1n) is 6.87. The highest BCUT2D eigenvalue weighted by atomic mass is 16.7. The van der Waals surface area contributed by atoms with Crippen molar-refractivity contribution >= 4 is 5.97 Å². The lowest BCUT2D eigenvalue weighted by molar-refractivity contribution is -0.209. The van der Waals surface area contributed by atoms with Crippen molar-refractivity contribution in [3.05, 3.63) is 35.9 Å². The molecule has 7 heteroatoms. The highest BCUT2D eigenvalue weighted by Crippen LogP contribution is 2.09. The van der Waals surface area contributed by atoms with Crippen LogP contribution < -0.4 is 11.1 Å². The molecule has 0 aromatic heterocycles. The number of hydrogen-bond donors (Lipinski definition) is 4. The van der Waals surface area contributed by atoms with Crippen LogP contribution >= 0.6 is 0 Å². The van der Waals surface area contributed by atoms with Crippen LogP contribution in [-0.4, -0.2) is 60.1 Å². The van der Waals surface area contributed by atoms with E-state index in [0.717, 1.165) is 5.56 Å². The van der Waals surface area contributed by atoms with Gasteiger partial charge in [-0.15, -0.1) is 0 Å². The number of hydrogen-bond acceptors (Lipinski definition) is 6. The summed E-state index contributed by atoms with van der Waals surface area (Å²) in [5, 5.41) is 22.7. The maximum absolute atomic E-state index is 11.2. The fourth-order valence-corrected chi connectivity index (χ4v) is 1.76. The van der Waals surface area contributed by atoms with Crippen molar-refractivity contribution in [3.8, 4) is 0 Å². The van der Waals surface area contributed by atoms with E-state index >= 15 is 0 Å². The van der Waals surface area contributed by atoms with Gasteiger partial charge in [-0.2, -0.15) is 5.06 Å². The lowest BCUT2D eigenvalue weighted by Crippen LogP contribution is -2.44. The van der Waals surface area contributed by atoms with Gasteiger partial charge in [-0.05, 0) is 5.56 Å². The van der Waals surface area contributed by atoms with Gasteiger partial charge in [-0.3, -0.25) is 9.63 Å². The predicted molar refractivity (Wildman–Crippen MR) is 78.4 cm³/mol. The summed E-state index contributed by atoms with van der Waals surface area (Å²) >= 11 is 0. The molecule has 0 heterocycles. The Labute approximate surface area is 124 Å². The van der Waals surface area contributed by atoms with Gasteiger partial charge in [0.15, 0.2) is 6.04 Å². The number of nitrogens with one attached hydrogen (secondary N) is 1. The van der Waals surface area contributed by atoms with Gasteiger partial charge in [-0.1, -0.05) is 30.3 Å². The van der Waals surface area contributed by atoms with E-state index in [1.165, 1.54) is 5.06 Å². The van der Waals surface area contributed by atoms with Crippen LogP contribution in [0.15, 0.2) is 30.3 Å². The summed E-state index contributed by atoms with van der Waals surface area (Å²) in [6.45, 7) is 1.83. The molecule has 0 aliphatic heterocycles. The van der Waals surface area contributed by atoms with Gasteiger partial charge in [-0.25, -0.2) is 0 Å². The van der Waals surface area contributed by atoms with E-state index in [9.17, 15) is 9.90 Å². The molecule has 1 aromatic carbocycles. The summed E-state index contributed by atoms with van der Waals surface area (Å²) in [5.74, 6) is -1.12. The Kier molecular flexibility index (Phi) is 8.56. The first-order valence-corrected chi connectivity index (χ1v) is 6.87. The average molecular weight is 297 g/mol. The Morgan fingerprint density at radius 1 is 1.33 bits per heavy atom. The van der Waals surface area contributed by atoms with E-state index in [1.54, 1.807) is 0 Å². The zero-order valence-electron chi connectivity index (χ0n) is 11.9. The molecule has 0 unspecified atom stereocenters. The number of aliphatic hydroxyl groups excluding tert-OH is 1. The third-order valence-corrected chi connectivity index (χ3v) is 2.84. The second-order valence-electron chi connectivity index (χ2n) is 4.47. The zero-order valence-corrected chi connectivity index (χ0v) is 11.9. The van der Waals surface area contributed by atoms with Crippen molar-refractivity contribution in [2.45, 2.75) is 12.6 Å². The third-order valence-electron chi connectivity index (χ3n) is 2.84. The lowest BCUT2D eigenvalue weighted by Gasteiger charge is -2.26. The van der Waals surface area contributed by atoms with Gasteiger partial charge in [0.2, 0.25) is 0 Å². The SMILES string of the molecule is NCCNCCON(Cc1ccccc1)[C@@H](CO)C(=O)O. The van der Waals surface area contributed by atoms with Crippen molar-refractivity contribution in [3.63, 3.8) is 0 Å². The lowest BCUT2D eigenvalue weighted by atomic mass is 10.2. The first-order chi connectivity index (χ1) is 10.2. The Bertz CT molecular complexity index is 402. The summed E-state index contributed by atoms with van der Waals surface area (Å²) in [4.78, 5) is 16.7. The average Bonchev–Trinajstić information content (AvgIpc) is 2.48. The van der Waals surface area contributed by atoms with Crippen LogP contribution in [0.1, 0.15) is 5.56 Å². The van der Waals surface area contributed by atoms with Crippen molar-refractivity contribution < 1.29 is 19.8 Å². The molecule has 1 aromatic rings. The molecule has 0 bridgehead atoms. The van der Waals surface area contributed by atoms with Crippen molar-refractivity contribution in [1.29, 1.82) is 0 Å². The zero-order chi connectivity index (χ0) is 15.5. The second kappa shape index (κ2) is 10.3. The number of carboxylic acids is 1. The molecular formula is C14H23N3O4. The number of nitrogens with zero attached hydrogens (tertiary/aromatic N) is 1. The predicted octanol–water partition coefficient (Wildman–Crippen LogP) is -0.586. The monoisotopic (exact) mass is 297 g/mol. The molecule has 21 heavy (non-hydrogen) atoms. The minimum absolute atomic E-state index is 0.287. The minimum Gasteiger partial charge on any atom is -0.480 e. The molecule has 0 amide bonds. The van der Waals surface area contributed by atoms with Crippen molar-refractivity contribution in [2.24, 2.45) is 5.73 Å². The highest BCUT2D eigenvalue weighted by Gasteiger charge is 2.26. The van der Waals surface area contributed by atoms with E-state index in [1.807, 2.05) is 30.3 Å². The molecule has 0 radical (unpaired) electrons. The molecule has 1 rings (SSSR count). The van der Waals surface area contributed by atoms with Crippen LogP contribution in [0.2, 0.25) is 0 Å². The van der Waals surface area contributed by atoms with Gasteiger partial charge >= 0.3 is 5.97 Å². The van der Waals surface area contributed by atoms with E-state index in [-0.39, 0.29) is 6.54 Å². The van der Waals surface area contributed by atoms with Crippen LogP contribution in [0, 0.1) is 0 Å². The number of hydroxylamine groups is 2. The highest BCUT2D eigenvalue weighted by molar-refractivity contribution is 5.73. The van der Waals surface area contributed by atoms with Crippen LogP contribution in [-0.2, 0) is 16.2 Å². The van der Waals surface area contributed by atoms with E-state index in [2.05, 4.69) is 5.32 Å². The number of aliphatic hydroxyl groups is 1. The maximum Gasteiger partial charge on any atom is 0.325 e. The Morgan fingerprint density at radius 2 is 2.05 bits per heavy atom. The van der Waals surface area contributed by atoms with Crippen LogP contribution in [0.3, 0.4) is 0 Å². The molecule has 0 fully saturated rings. The van der Waals surface area contributed by atoms with Gasteiger partial charge in [0.1, 0.15) is 0 Å². The molecule has 5 N–H and O–H groups in total. The van der Waals surface area contributed by atoms with Crippen molar-refractivity contribution in [1.82, 2.24) is 10.4 Å². The fraction of sp³-hybridized carbons (Fsp3) is 0.500. The number of aliphatic carboxylic acids is 1. The first kappa shape index (κ1) is 17.5. The smallest absolute Gasteiger partial charge is 0.325 e. The maximum atomic E-state index is 11.2. The Balaban J connectivity index is 2.59. The molecule has 0 aliphatic rings. The fourth-order valence-electron chi connectivity index (χ4n) is 1.76. The molecule has 0 saturated carbocycles. The largest absolute Gasteiger partial charge is 0.480 e. The quantitative estimate of drug-likeness (QED) is 0.319. The summed E-state index contributed by atoms with van der Waals surface area (Å²) in [6.07, 6.45) is 0. The Hall–Kier alpha value is -1.51. The minimum atomic E-state index is -1.12. The van der Waals surface area contributed by atoms with Gasteiger partial charge < -0.3 is 21.3 Å². The molecule has 7 nitrogen and oxygen atoms in total. The number of carboxylic acid groups (broad SMARTS) is 1. The molecule has 0 saturated heterocycles. The standard InChI is InChI=1S/C14H23N3O4/c15-6-7-16-8-9-21-17(13(11-18)14(19)20)10-12-4-2-1-3-5-12/h1-5,13,16,18H,6-11,15H2,(H,19,20)/t13-/m0/s1. The van der Waals surface area contributed by atoms with E-state index < -0.39 is 18.6 Å². The van der Waals surface area contributed by atoms with E-state index in [4.69, 9.17) is 15.7 Å². The summed E-state index contributed by atoms with van der Waals surface area (Å²) in [6, 6.07) is 8.26. The molecule has 0 spiro atoms. The third kappa shape index (κ3) is 6.65. The molecule has 118 valence electrons. The van der Waals surface area contributed by atoms with Gasteiger partial charge in [0.25, 0.3) is 0 Å². The number of benzene rings is 1. The van der Waals surface area contributed by atoms with Crippen LogP contribution in [0.25, 0.3) is 0 Å². The summed E-state index contributed by atoms with van der Waals surface area (Å²) < 4.78 is 0. The Morgan fingerprint density at radius 3 is 2.62 bits per heavy atom. The van der Waals surface area contributed by atoms with E-state index in [0.29, 0.717) is 26.2 Å². The molecule has 0 aliphatic carbocycles. The van der Waals surface area contributed by atoms with Gasteiger partial charge in [0, 0.05) is 19.6 Å². The topological polar surface area (TPSA) is 108 Å². The summed E-state index contributed by atoms with van der Waals surface area (Å²) in [5.41, 5.74) is 6.27. The molecule has 1 atom stereocenters. The van der Waals surface area contributed by atoms with Gasteiger partial charge in [0.05, 0.1) is 19.8 Å². The molecular weight excluding hydrogens is 274 g/mol. The summed E-state index contributed by atoms with van der Waals surface area (Å²) in [7, 11) is 0. The van der Waals surface area contributed by atoms with Crippen molar-refractivity contribution in [2.75, 3.05) is 32.8 Å². The number of carbonyl (C=O) groups is 1. The number of nitrogens with two attached hydrogens (primary N) is 1. The van der Waals surface area contributed by atoms with Crippen LogP contribution in [0.4, 0.5) is 0 Å². The normalized spacial score (nSPS) is 12.5. The number of rotatable bonds is 11. The van der Waals surface area contributed by atoms with Crippen LogP contribution in [0.5, 0.6) is 0 Å². The second-order valence-corrected chi connectivity index (χ2v) is 4.47.